The third kappa shape index (κ3) is 6.18. The van der Waals surface area contributed by atoms with Gasteiger partial charge in [-0.25, -0.2) is 4.79 Å². The molecule has 1 fully saturated rings. The second kappa shape index (κ2) is 11.3. The lowest BCUT2D eigenvalue weighted by molar-refractivity contribution is -0.175. The van der Waals surface area contributed by atoms with Crippen molar-refractivity contribution in [1.82, 2.24) is 4.90 Å². The summed E-state index contributed by atoms with van der Waals surface area (Å²) in [6.07, 6.45) is 4.32. The number of carbonyl (C=O) groups excluding carboxylic acids is 2. The Hall–Kier alpha value is -2.27. The average molecular weight is 604 g/mol. The minimum atomic E-state index is -2.05. The normalized spacial score (nSPS) is 26.4. The Bertz CT molecular complexity index is 1250. The van der Waals surface area contributed by atoms with Gasteiger partial charge >= 0.3 is 5.97 Å². The minimum absolute atomic E-state index is 0.0117. The standard InChI is InChI=1S/C32H45NO8S/c1-29(2,3)42-25(34)18-32(37,12-7-10-30(4,5)36)28(35)41-27-24(38-6)17-31-11-8-13-33(31)14-9-20-15-22-23(40-19-39-22)16-21(20)26(27)31/h15-17,26-27,36-37H,7-14,18-19H2,1-6H3/t26-,27?,31?,32?/m1/s1. The van der Waals surface area contributed by atoms with E-state index in [1.807, 2.05) is 32.9 Å². The number of carbonyl (C=O) groups is 2. The van der Waals surface area contributed by atoms with E-state index in [0.29, 0.717) is 30.1 Å². The number of esters is 1. The molecule has 1 aliphatic carbocycles. The molecule has 5 rings (SSSR count). The highest BCUT2D eigenvalue weighted by Gasteiger charge is 2.59. The molecule has 1 spiro atoms. The van der Waals surface area contributed by atoms with Gasteiger partial charge in [-0.3, -0.25) is 9.69 Å². The summed E-state index contributed by atoms with van der Waals surface area (Å²) in [6, 6.07) is 4.05. The SMILES string of the molecule is COC1=CC23CCCN2CCc2cc4c(cc2[C@@H]3C1OC(=O)C(O)(CCCC(C)(C)O)CC(=O)SC(C)(C)C)OCO4. The van der Waals surface area contributed by atoms with E-state index >= 15 is 0 Å². The van der Waals surface area contributed by atoms with Crippen LogP contribution in [0.3, 0.4) is 0 Å². The van der Waals surface area contributed by atoms with Crippen LogP contribution >= 0.6 is 11.8 Å². The molecule has 42 heavy (non-hydrogen) atoms. The topological polar surface area (TPSA) is 115 Å². The van der Waals surface area contributed by atoms with Crippen molar-refractivity contribution in [2.24, 2.45) is 0 Å². The van der Waals surface area contributed by atoms with Gasteiger partial charge in [-0.05, 0) is 88.3 Å². The zero-order valence-corrected chi connectivity index (χ0v) is 26.5. The maximum atomic E-state index is 14.1. The summed E-state index contributed by atoms with van der Waals surface area (Å²) >= 11 is 1.10. The molecule has 2 N–H and O–H groups in total. The van der Waals surface area contributed by atoms with E-state index in [2.05, 4.69) is 11.0 Å². The quantitative estimate of drug-likeness (QED) is 0.392. The summed E-state index contributed by atoms with van der Waals surface area (Å²) in [4.78, 5) is 29.6. The van der Waals surface area contributed by atoms with Gasteiger partial charge in [0, 0.05) is 11.3 Å². The average Bonchev–Trinajstić information content (AvgIpc) is 3.55. The van der Waals surface area contributed by atoms with E-state index in [1.165, 1.54) is 0 Å². The van der Waals surface area contributed by atoms with Crippen molar-refractivity contribution in [2.75, 3.05) is 27.0 Å². The smallest absolute Gasteiger partial charge is 0.339 e. The fraction of sp³-hybridized carbons (Fsp3) is 0.688. The van der Waals surface area contributed by atoms with Crippen LogP contribution in [0.25, 0.3) is 0 Å². The van der Waals surface area contributed by atoms with E-state index in [1.54, 1.807) is 21.0 Å². The first-order chi connectivity index (χ1) is 19.6. The molecular weight excluding hydrogens is 558 g/mol. The van der Waals surface area contributed by atoms with Crippen molar-refractivity contribution in [3.05, 3.63) is 35.1 Å². The Labute approximate surface area is 252 Å². The summed E-state index contributed by atoms with van der Waals surface area (Å²) in [5.74, 6) is 0.792. The second-order valence-electron chi connectivity index (χ2n) is 13.8. The maximum absolute atomic E-state index is 14.1. The lowest BCUT2D eigenvalue weighted by Gasteiger charge is -2.39. The highest BCUT2D eigenvalue weighted by Crippen LogP contribution is 2.55. The largest absolute Gasteiger partial charge is 0.497 e. The minimum Gasteiger partial charge on any atom is -0.497 e. The van der Waals surface area contributed by atoms with Crippen LogP contribution in [0.1, 0.15) is 90.2 Å². The van der Waals surface area contributed by atoms with Crippen LogP contribution in [0.4, 0.5) is 0 Å². The molecule has 0 radical (unpaired) electrons. The van der Waals surface area contributed by atoms with Gasteiger partial charge in [-0.2, -0.15) is 0 Å². The van der Waals surface area contributed by atoms with Crippen molar-refractivity contribution in [3.63, 3.8) is 0 Å². The lowest BCUT2D eigenvalue weighted by Crippen LogP contribution is -2.49. The van der Waals surface area contributed by atoms with Gasteiger partial charge in [-0.1, -0.05) is 32.5 Å². The van der Waals surface area contributed by atoms with Crippen molar-refractivity contribution in [2.45, 2.75) is 113 Å². The molecule has 10 heteroatoms. The van der Waals surface area contributed by atoms with Crippen LogP contribution in [-0.4, -0.2) is 80.8 Å². The molecule has 1 aromatic carbocycles. The Balaban J connectivity index is 1.49. The molecule has 3 unspecified atom stereocenters. The summed E-state index contributed by atoms with van der Waals surface area (Å²) in [5, 5.41) is 21.8. The first-order valence-corrected chi connectivity index (χ1v) is 15.8. The van der Waals surface area contributed by atoms with Gasteiger partial charge in [0.1, 0.15) is 5.76 Å². The van der Waals surface area contributed by atoms with Crippen LogP contribution < -0.4 is 9.47 Å². The predicted molar refractivity (Wildman–Crippen MR) is 160 cm³/mol. The number of benzene rings is 1. The number of nitrogens with zero attached hydrogens (tertiary/aromatic N) is 1. The number of methoxy groups -OCH3 is 1. The number of thioether (sulfide) groups is 1. The predicted octanol–water partition coefficient (Wildman–Crippen LogP) is 4.47. The molecule has 232 valence electrons. The fourth-order valence-corrected chi connectivity index (χ4v) is 8.01. The number of rotatable bonds is 9. The Morgan fingerprint density at radius 3 is 2.48 bits per heavy atom. The number of fused-ring (bicyclic) bond motifs is 3. The van der Waals surface area contributed by atoms with Crippen molar-refractivity contribution in [3.8, 4) is 11.5 Å². The van der Waals surface area contributed by atoms with Crippen molar-refractivity contribution < 1.29 is 38.7 Å². The van der Waals surface area contributed by atoms with Gasteiger partial charge in [0.15, 0.2) is 28.3 Å². The van der Waals surface area contributed by atoms with Crippen LogP contribution in [0.5, 0.6) is 11.5 Å². The summed E-state index contributed by atoms with van der Waals surface area (Å²) < 4.78 is 23.2. The molecule has 9 nitrogen and oxygen atoms in total. The number of ether oxygens (including phenoxy) is 4. The van der Waals surface area contributed by atoms with E-state index < -0.39 is 28.8 Å². The second-order valence-corrected chi connectivity index (χ2v) is 15.6. The summed E-state index contributed by atoms with van der Waals surface area (Å²) in [5.41, 5.74) is -1.29. The molecular formula is C32H45NO8S. The van der Waals surface area contributed by atoms with E-state index in [-0.39, 0.29) is 35.4 Å². The van der Waals surface area contributed by atoms with Crippen molar-refractivity contribution >= 4 is 22.8 Å². The molecule has 0 bridgehead atoms. The third-order valence-corrected chi connectivity index (χ3v) is 9.80. The molecule has 3 aliphatic heterocycles. The molecule has 4 aliphatic rings. The first kappa shape index (κ1) is 31.2. The zero-order chi connectivity index (χ0) is 30.5. The van der Waals surface area contributed by atoms with Crippen LogP contribution in [-0.2, 0) is 25.5 Å². The third-order valence-electron chi connectivity index (χ3n) is 8.81. The summed E-state index contributed by atoms with van der Waals surface area (Å²) in [7, 11) is 1.58. The first-order valence-electron chi connectivity index (χ1n) is 15.0. The highest BCUT2D eigenvalue weighted by molar-refractivity contribution is 8.14. The van der Waals surface area contributed by atoms with Gasteiger partial charge in [0.05, 0.1) is 30.6 Å². The fourth-order valence-electron chi connectivity index (χ4n) is 7.01. The Kier molecular flexibility index (Phi) is 8.41. The molecule has 1 aromatic rings. The monoisotopic (exact) mass is 603 g/mol. The van der Waals surface area contributed by atoms with Crippen LogP contribution in [0, 0.1) is 0 Å². The molecule has 4 atom stereocenters. The van der Waals surface area contributed by atoms with Crippen LogP contribution in [0.2, 0.25) is 0 Å². The lowest BCUT2D eigenvalue weighted by atomic mass is 9.77. The summed E-state index contributed by atoms with van der Waals surface area (Å²) in [6.45, 7) is 11.0. The van der Waals surface area contributed by atoms with Gasteiger partial charge < -0.3 is 29.2 Å². The van der Waals surface area contributed by atoms with Gasteiger partial charge in [0.2, 0.25) is 6.79 Å². The maximum Gasteiger partial charge on any atom is 0.339 e. The highest BCUT2D eigenvalue weighted by atomic mass is 32.2. The molecule has 0 amide bonds. The molecule has 3 heterocycles. The van der Waals surface area contributed by atoms with Crippen molar-refractivity contribution in [1.29, 1.82) is 0 Å². The molecule has 1 saturated heterocycles. The zero-order valence-electron chi connectivity index (χ0n) is 25.7. The Morgan fingerprint density at radius 1 is 1.10 bits per heavy atom. The van der Waals surface area contributed by atoms with E-state index in [0.717, 1.165) is 55.2 Å². The number of hydrogen-bond acceptors (Lipinski definition) is 10. The van der Waals surface area contributed by atoms with Gasteiger partial charge in [-0.15, -0.1) is 0 Å². The van der Waals surface area contributed by atoms with Crippen LogP contribution in [0.15, 0.2) is 24.0 Å². The molecule has 0 aromatic heterocycles. The molecule has 0 saturated carbocycles. The van der Waals surface area contributed by atoms with E-state index in [4.69, 9.17) is 18.9 Å². The van der Waals surface area contributed by atoms with E-state index in [9.17, 15) is 19.8 Å². The number of aliphatic hydroxyl groups is 2. The number of hydrogen-bond donors (Lipinski definition) is 2. The van der Waals surface area contributed by atoms with Gasteiger partial charge in [0.25, 0.3) is 0 Å². The Morgan fingerprint density at radius 2 is 1.81 bits per heavy atom.